The number of benzene rings is 1. The standard InChI is InChI=1S/C14H15BrN2OS/c1-9-14(19-8-17-9)7-16-12-4-5-18-13-3-2-10(15)6-11(12)13/h2-3,6,8,12,16H,4-5,7H2,1H3. The van der Waals surface area contributed by atoms with Crippen molar-refractivity contribution >= 4 is 27.3 Å². The highest BCUT2D eigenvalue weighted by Crippen LogP contribution is 2.34. The van der Waals surface area contributed by atoms with Crippen molar-refractivity contribution in [2.75, 3.05) is 6.61 Å². The molecule has 1 aliphatic rings. The number of nitrogens with one attached hydrogen (secondary N) is 1. The zero-order valence-electron chi connectivity index (χ0n) is 10.6. The van der Waals surface area contributed by atoms with Gasteiger partial charge in [0, 0.05) is 33.9 Å². The van der Waals surface area contributed by atoms with E-state index in [2.05, 4.69) is 39.2 Å². The number of halogens is 1. The van der Waals surface area contributed by atoms with Crippen LogP contribution < -0.4 is 10.1 Å². The van der Waals surface area contributed by atoms with Crippen LogP contribution in [0.25, 0.3) is 0 Å². The van der Waals surface area contributed by atoms with Gasteiger partial charge in [0.05, 0.1) is 17.8 Å². The summed E-state index contributed by atoms with van der Waals surface area (Å²) < 4.78 is 6.79. The molecular formula is C14H15BrN2OS. The molecule has 1 aliphatic heterocycles. The molecule has 3 nitrogen and oxygen atoms in total. The Balaban J connectivity index is 1.76. The smallest absolute Gasteiger partial charge is 0.124 e. The van der Waals surface area contributed by atoms with Gasteiger partial charge in [-0.05, 0) is 25.1 Å². The van der Waals surface area contributed by atoms with Crippen LogP contribution >= 0.6 is 27.3 Å². The maximum absolute atomic E-state index is 5.70. The Hall–Kier alpha value is -0.910. The summed E-state index contributed by atoms with van der Waals surface area (Å²) in [7, 11) is 0. The summed E-state index contributed by atoms with van der Waals surface area (Å²) in [6.07, 6.45) is 1.00. The van der Waals surface area contributed by atoms with E-state index in [-0.39, 0.29) is 0 Å². The van der Waals surface area contributed by atoms with Crippen LogP contribution in [-0.2, 0) is 6.54 Å². The average Bonchev–Trinajstić information content (AvgIpc) is 2.82. The van der Waals surface area contributed by atoms with Crippen LogP contribution in [0, 0.1) is 6.92 Å². The molecule has 1 N–H and O–H groups in total. The lowest BCUT2D eigenvalue weighted by molar-refractivity contribution is 0.252. The predicted molar refractivity (Wildman–Crippen MR) is 80.7 cm³/mol. The summed E-state index contributed by atoms with van der Waals surface area (Å²) in [5.74, 6) is 0.993. The van der Waals surface area contributed by atoms with E-state index < -0.39 is 0 Å². The van der Waals surface area contributed by atoms with Crippen LogP contribution in [0.5, 0.6) is 5.75 Å². The normalized spacial score (nSPS) is 17.9. The molecule has 0 spiro atoms. The maximum Gasteiger partial charge on any atom is 0.124 e. The fourth-order valence-electron chi connectivity index (χ4n) is 2.29. The van der Waals surface area contributed by atoms with Crippen LogP contribution in [0.4, 0.5) is 0 Å². The highest BCUT2D eigenvalue weighted by Gasteiger charge is 2.21. The Morgan fingerprint density at radius 3 is 3.21 bits per heavy atom. The van der Waals surface area contributed by atoms with Crippen molar-refractivity contribution in [1.29, 1.82) is 0 Å². The minimum absolute atomic E-state index is 0.350. The van der Waals surface area contributed by atoms with Gasteiger partial charge in [0.25, 0.3) is 0 Å². The molecule has 0 amide bonds. The topological polar surface area (TPSA) is 34.2 Å². The number of rotatable bonds is 3. The van der Waals surface area contributed by atoms with E-state index in [1.165, 1.54) is 10.4 Å². The Morgan fingerprint density at radius 1 is 1.53 bits per heavy atom. The zero-order chi connectivity index (χ0) is 13.2. The van der Waals surface area contributed by atoms with Crippen molar-refractivity contribution in [3.8, 4) is 5.75 Å². The molecule has 3 rings (SSSR count). The van der Waals surface area contributed by atoms with E-state index in [4.69, 9.17) is 4.74 Å². The van der Waals surface area contributed by atoms with E-state index >= 15 is 0 Å². The quantitative estimate of drug-likeness (QED) is 0.923. The van der Waals surface area contributed by atoms with Crippen molar-refractivity contribution in [1.82, 2.24) is 10.3 Å². The lowest BCUT2D eigenvalue weighted by Crippen LogP contribution is -2.26. The van der Waals surface area contributed by atoms with Gasteiger partial charge in [-0.1, -0.05) is 15.9 Å². The molecule has 0 saturated heterocycles. The highest BCUT2D eigenvalue weighted by molar-refractivity contribution is 9.10. The van der Waals surface area contributed by atoms with Gasteiger partial charge in [-0.15, -0.1) is 11.3 Å². The SMILES string of the molecule is Cc1ncsc1CNC1CCOc2ccc(Br)cc21. The monoisotopic (exact) mass is 338 g/mol. The van der Waals surface area contributed by atoms with Crippen LogP contribution in [0.2, 0.25) is 0 Å². The van der Waals surface area contributed by atoms with Gasteiger partial charge in [-0.3, -0.25) is 0 Å². The molecule has 5 heteroatoms. The molecule has 19 heavy (non-hydrogen) atoms. The Morgan fingerprint density at radius 2 is 2.42 bits per heavy atom. The molecule has 100 valence electrons. The number of ether oxygens (including phenoxy) is 1. The van der Waals surface area contributed by atoms with E-state index in [1.807, 2.05) is 17.6 Å². The third-order valence-corrected chi connectivity index (χ3v) is 4.79. The molecule has 2 heterocycles. The summed E-state index contributed by atoms with van der Waals surface area (Å²) in [6.45, 7) is 3.70. The van der Waals surface area contributed by atoms with E-state index in [0.29, 0.717) is 6.04 Å². The van der Waals surface area contributed by atoms with Gasteiger partial charge in [0.2, 0.25) is 0 Å². The Labute approximate surface area is 125 Å². The molecule has 1 atom stereocenters. The molecule has 2 aromatic rings. The molecule has 0 radical (unpaired) electrons. The molecule has 0 saturated carbocycles. The molecule has 0 fully saturated rings. The van der Waals surface area contributed by atoms with Gasteiger partial charge in [0.15, 0.2) is 0 Å². The number of aromatic nitrogens is 1. The summed E-state index contributed by atoms with van der Waals surface area (Å²) in [5, 5.41) is 3.62. The fourth-order valence-corrected chi connectivity index (χ4v) is 3.40. The third-order valence-electron chi connectivity index (χ3n) is 3.37. The molecular weight excluding hydrogens is 324 g/mol. The minimum atomic E-state index is 0.350. The minimum Gasteiger partial charge on any atom is -0.493 e. The van der Waals surface area contributed by atoms with Gasteiger partial charge in [-0.2, -0.15) is 0 Å². The van der Waals surface area contributed by atoms with Gasteiger partial charge >= 0.3 is 0 Å². The first-order chi connectivity index (χ1) is 9.24. The fraction of sp³-hybridized carbons (Fsp3) is 0.357. The molecule has 1 unspecified atom stereocenters. The lowest BCUT2D eigenvalue weighted by atomic mass is 10.0. The maximum atomic E-state index is 5.70. The molecule has 1 aromatic carbocycles. The number of aryl methyl sites for hydroxylation is 1. The molecule has 0 aliphatic carbocycles. The third kappa shape index (κ3) is 2.83. The van der Waals surface area contributed by atoms with Crippen molar-refractivity contribution < 1.29 is 4.74 Å². The lowest BCUT2D eigenvalue weighted by Gasteiger charge is -2.27. The highest BCUT2D eigenvalue weighted by atomic mass is 79.9. The van der Waals surface area contributed by atoms with Crippen LogP contribution in [-0.4, -0.2) is 11.6 Å². The van der Waals surface area contributed by atoms with Crippen molar-refractivity contribution in [3.05, 3.63) is 44.3 Å². The second kappa shape index (κ2) is 5.61. The van der Waals surface area contributed by atoms with Crippen molar-refractivity contribution in [3.63, 3.8) is 0 Å². The summed E-state index contributed by atoms with van der Waals surface area (Å²) in [5.41, 5.74) is 4.27. The Kier molecular flexibility index (Phi) is 3.86. The first-order valence-electron chi connectivity index (χ1n) is 6.28. The number of fused-ring (bicyclic) bond motifs is 1. The summed E-state index contributed by atoms with van der Waals surface area (Å²) in [6, 6.07) is 6.55. The predicted octanol–water partition coefficient (Wildman–Crippen LogP) is 3.83. The van der Waals surface area contributed by atoms with Crippen molar-refractivity contribution in [2.45, 2.75) is 25.9 Å². The Bertz CT molecular complexity index is 585. The van der Waals surface area contributed by atoms with E-state index in [1.54, 1.807) is 11.3 Å². The summed E-state index contributed by atoms with van der Waals surface area (Å²) in [4.78, 5) is 5.59. The molecule has 1 aromatic heterocycles. The van der Waals surface area contributed by atoms with E-state index in [0.717, 1.165) is 35.5 Å². The largest absolute Gasteiger partial charge is 0.493 e. The van der Waals surface area contributed by atoms with Gasteiger partial charge in [-0.25, -0.2) is 4.98 Å². The number of hydrogen-bond donors (Lipinski definition) is 1. The van der Waals surface area contributed by atoms with Crippen LogP contribution in [0.3, 0.4) is 0 Å². The van der Waals surface area contributed by atoms with E-state index in [9.17, 15) is 0 Å². The second-order valence-corrected chi connectivity index (χ2v) is 6.47. The molecule has 0 bridgehead atoms. The zero-order valence-corrected chi connectivity index (χ0v) is 13.1. The second-order valence-electron chi connectivity index (χ2n) is 4.61. The number of nitrogens with zero attached hydrogens (tertiary/aromatic N) is 1. The first kappa shape index (κ1) is 13.1. The van der Waals surface area contributed by atoms with Crippen LogP contribution in [0.1, 0.15) is 28.6 Å². The van der Waals surface area contributed by atoms with Gasteiger partial charge < -0.3 is 10.1 Å². The van der Waals surface area contributed by atoms with Crippen LogP contribution in [0.15, 0.2) is 28.2 Å². The average molecular weight is 339 g/mol. The summed E-state index contributed by atoms with van der Waals surface area (Å²) >= 11 is 5.24. The number of hydrogen-bond acceptors (Lipinski definition) is 4. The first-order valence-corrected chi connectivity index (χ1v) is 7.96. The number of thiazole rings is 1. The van der Waals surface area contributed by atoms with Crippen molar-refractivity contribution in [2.24, 2.45) is 0 Å². The van der Waals surface area contributed by atoms with Gasteiger partial charge in [0.1, 0.15) is 5.75 Å².